The van der Waals surface area contributed by atoms with Gasteiger partial charge in [0.2, 0.25) is 0 Å². The number of thiazole rings is 1. The Morgan fingerprint density at radius 2 is 2.18 bits per heavy atom. The van der Waals surface area contributed by atoms with E-state index in [1.807, 2.05) is 12.3 Å². The van der Waals surface area contributed by atoms with Crippen LogP contribution in [0.1, 0.15) is 31.5 Å². The maximum Gasteiger partial charge on any atom is 0.317 e. The van der Waals surface area contributed by atoms with Crippen molar-refractivity contribution in [3.63, 3.8) is 0 Å². The zero-order valence-electron chi connectivity index (χ0n) is 11.2. The molecule has 0 aliphatic rings. The Balaban J connectivity index is 2.42. The first-order chi connectivity index (χ1) is 7.78. The summed E-state index contributed by atoms with van der Waals surface area (Å²) < 4.78 is 0. The molecule has 0 atom stereocenters. The Morgan fingerprint density at radius 3 is 2.65 bits per heavy atom. The number of carbonyl (C=O) groups is 1. The molecule has 0 aliphatic carbocycles. The fourth-order valence-electron chi connectivity index (χ4n) is 1.27. The molecule has 0 radical (unpaired) electrons. The van der Waals surface area contributed by atoms with E-state index >= 15 is 0 Å². The summed E-state index contributed by atoms with van der Waals surface area (Å²) in [6.07, 6.45) is 0. The number of amides is 2. The molecule has 96 valence electrons. The largest absolute Gasteiger partial charge is 0.337 e. The molecule has 2 amide bonds. The number of urea groups is 1. The van der Waals surface area contributed by atoms with Crippen molar-refractivity contribution in [2.75, 3.05) is 13.6 Å². The highest BCUT2D eigenvalue weighted by atomic mass is 32.1. The zero-order valence-corrected chi connectivity index (χ0v) is 12.0. The Kier molecular flexibility index (Phi) is 4.51. The molecule has 1 aromatic heterocycles. The smallest absolute Gasteiger partial charge is 0.317 e. The van der Waals surface area contributed by atoms with Crippen LogP contribution >= 0.6 is 11.3 Å². The summed E-state index contributed by atoms with van der Waals surface area (Å²) in [5.41, 5.74) is 1.05. The van der Waals surface area contributed by atoms with Crippen molar-refractivity contribution in [3.8, 4) is 0 Å². The molecule has 0 saturated heterocycles. The van der Waals surface area contributed by atoms with E-state index in [1.165, 1.54) is 0 Å². The summed E-state index contributed by atoms with van der Waals surface area (Å²) in [6.45, 7) is 9.48. The lowest BCUT2D eigenvalue weighted by molar-refractivity contribution is 0.201. The maximum absolute atomic E-state index is 11.8. The van der Waals surface area contributed by atoms with Gasteiger partial charge in [-0.15, -0.1) is 11.3 Å². The minimum absolute atomic E-state index is 0.0504. The maximum atomic E-state index is 11.8. The van der Waals surface area contributed by atoms with E-state index in [0.717, 1.165) is 10.7 Å². The van der Waals surface area contributed by atoms with Crippen molar-refractivity contribution in [2.45, 2.75) is 34.2 Å². The third-order valence-corrected chi connectivity index (χ3v) is 3.00. The summed E-state index contributed by atoms with van der Waals surface area (Å²) in [6, 6.07) is -0.0504. The third kappa shape index (κ3) is 5.17. The molecule has 0 spiro atoms. The van der Waals surface area contributed by atoms with E-state index < -0.39 is 0 Å². The normalized spacial score (nSPS) is 11.4. The molecule has 0 saturated carbocycles. The molecule has 1 rings (SSSR count). The molecule has 1 heterocycles. The zero-order chi connectivity index (χ0) is 13.1. The second-order valence-corrected chi connectivity index (χ2v) is 6.50. The molecule has 4 nitrogen and oxygen atoms in total. The molecule has 17 heavy (non-hydrogen) atoms. The average molecular weight is 255 g/mol. The van der Waals surface area contributed by atoms with Gasteiger partial charge in [0, 0.05) is 19.0 Å². The van der Waals surface area contributed by atoms with Gasteiger partial charge in [-0.3, -0.25) is 0 Å². The van der Waals surface area contributed by atoms with Gasteiger partial charge in [0.05, 0.1) is 17.2 Å². The fraction of sp³-hybridized carbons (Fsp3) is 0.667. The van der Waals surface area contributed by atoms with Crippen LogP contribution in [0.2, 0.25) is 0 Å². The first-order valence-electron chi connectivity index (χ1n) is 5.68. The molecule has 1 aromatic rings. The van der Waals surface area contributed by atoms with Crippen molar-refractivity contribution in [1.29, 1.82) is 0 Å². The van der Waals surface area contributed by atoms with Crippen LogP contribution in [0.5, 0.6) is 0 Å². The van der Waals surface area contributed by atoms with Gasteiger partial charge in [-0.05, 0) is 12.3 Å². The average Bonchev–Trinajstić information content (AvgIpc) is 2.59. The number of hydrogen-bond acceptors (Lipinski definition) is 3. The number of hydrogen-bond donors (Lipinski definition) is 1. The highest BCUT2D eigenvalue weighted by Crippen LogP contribution is 2.12. The van der Waals surface area contributed by atoms with E-state index in [0.29, 0.717) is 13.1 Å². The van der Waals surface area contributed by atoms with E-state index in [9.17, 15) is 4.79 Å². The highest BCUT2D eigenvalue weighted by Gasteiger charge is 2.15. The first-order valence-corrected chi connectivity index (χ1v) is 6.56. The van der Waals surface area contributed by atoms with Gasteiger partial charge in [0.15, 0.2) is 0 Å². The molecule has 0 unspecified atom stereocenters. The SMILES string of the molecule is Cc1nc(CN(C)C(=O)NCC(C)(C)C)cs1. The van der Waals surface area contributed by atoms with E-state index in [2.05, 4.69) is 31.1 Å². The molecular formula is C12H21N3OS. The number of nitrogens with one attached hydrogen (secondary N) is 1. The summed E-state index contributed by atoms with van der Waals surface area (Å²) >= 11 is 1.61. The van der Waals surface area contributed by atoms with Crippen LogP contribution in [0.25, 0.3) is 0 Å². The highest BCUT2D eigenvalue weighted by molar-refractivity contribution is 7.09. The lowest BCUT2D eigenvalue weighted by Crippen LogP contribution is -2.40. The van der Waals surface area contributed by atoms with Gasteiger partial charge in [-0.1, -0.05) is 20.8 Å². The van der Waals surface area contributed by atoms with Gasteiger partial charge in [0.1, 0.15) is 0 Å². The first kappa shape index (κ1) is 14.0. The molecule has 0 fully saturated rings. The van der Waals surface area contributed by atoms with Crippen LogP contribution in [-0.2, 0) is 6.54 Å². The molecule has 0 aromatic carbocycles. The van der Waals surface area contributed by atoms with Crippen LogP contribution in [-0.4, -0.2) is 29.5 Å². The van der Waals surface area contributed by atoms with Gasteiger partial charge < -0.3 is 10.2 Å². The Hall–Kier alpha value is -1.10. The quantitative estimate of drug-likeness (QED) is 0.902. The van der Waals surface area contributed by atoms with E-state index in [4.69, 9.17) is 0 Å². The number of aromatic nitrogens is 1. The number of aryl methyl sites for hydroxylation is 1. The lowest BCUT2D eigenvalue weighted by Gasteiger charge is -2.22. The summed E-state index contributed by atoms with van der Waals surface area (Å²) in [5, 5.41) is 5.93. The third-order valence-electron chi connectivity index (χ3n) is 2.18. The molecule has 0 bridgehead atoms. The topological polar surface area (TPSA) is 45.2 Å². The predicted molar refractivity (Wildman–Crippen MR) is 71.2 cm³/mol. The van der Waals surface area contributed by atoms with Crippen molar-refractivity contribution in [3.05, 3.63) is 16.1 Å². The van der Waals surface area contributed by atoms with Crippen molar-refractivity contribution in [2.24, 2.45) is 5.41 Å². The van der Waals surface area contributed by atoms with Crippen LogP contribution < -0.4 is 5.32 Å². The van der Waals surface area contributed by atoms with Crippen LogP contribution in [0.3, 0.4) is 0 Å². The monoisotopic (exact) mass is 255 g/mol. The number of rotatable bonds is 3. The van der Waals surface area contributed by atoms with E-state index in [1.54, 1.807) is 23.3 Å². The van der Waals surface area contributed by atoms with Gasteiger partial charge in [-0.25, -0.2) is 9.78 Å². The second-order valence-electron chi connectivity index (χ2n) is 5.43. The van der Waals surface area contributed by atoms with Gasteiger partial charge in [-0.2, -0.15) is 0 Å². The second kappa shape index (κ2) is 5.49. The Bertz CT molecular complexity index is 381. The van der Waals surface area contributed by atoms with Crippen LogP contribution in [0.4, 0.5) is 4.79 Å². The molecule has 0 aliphatic heterocycles. The van der Waals surface area contributed by atoms with Gasteiger partial charge >= 0.3 is 6.03 Å². The fourth-order valence-corrected chi connectivity index (χ4v) is 1.88. The predicted octanol–water partition coefficient (Wildman–Crippen LogP) is 2.64. The minimum atomic E-state index is -0.0504. The lowest BCUT2D eigenvalue weighted by atomic mass is 9.97. The van der Waals surface area contributed by atoms with E-state index in [-0.39, 0.29) is 11.4 Å². The van der Waals surface area contributed by atoms with Crippen LogP contribution in [0.15, 0.2) is 5.38 Å². The Morgan fingerprint density at radius 1 is 1.53 bits per heavy atom. The molecule has 5 heteroatoms. The molecular weight excluding hydrogens is 234 g/mol. The van der Waals surface area contributed by atoms with Crippen molar-refractivity contribution < 1.29 is 4.79 Å². The van der Waals surface area contributed by atoms with Crippen molar-refractivity contribution >= 4 is 17.4 Å². The summed E-state index contributed by atoms with van der Waals surface area (Å²) in [7, 11) is 1.78. The summed E-state index contributed by atoms with van der Waals surface area (Å²) in [4.78, 5) is 17.8. The number of carbonyl (C=O) groups excluding carboxylic acids is 1. The minimum Gasteiger partial charge on any atom is -0.337 e. The Labute approximate surface area is 107 Å². The van der Waals surface area contributed by atoms with Crippen LogP contribution in [0, 0.1) is 12.3 Å². The number of nitrogens with zero attached hydrogens (tertiary/aromatic N) is 2. The summed E-state index contributed by atoms with van der Waals surface area (Å²) in [5.74, 6) is 0. The standard InChI is InChI=1S/C12H21N3OS/c1-9-14-10(7-17-9)6-15(5)11(16)13-8-12(2,3)4/h7H,6,8H2,1-5H3,(H,13,16). The molecule has 1 N–H and O–H groups in total. The van der Waals surface area contributed by atoms with Crippen molar-refractivity contribution in [1.82, 2.24) is 15.2 Å². The van der Waals surface area contributed by atoms with Gasteiger partial charge in [0.25, 0.3) is 0 Å².